The third kappa shape index (κ3) is 6.46. The highest BCUT2D eigenvalue weighted by atomic mass is 16.5. The van der Waals surface area contributed by atoms with E-state index in [1.807, 2.05) is 30.3 Å². The van der Waals surface area contributed by atoms with Crippen LogP contribution in [-0.4, -0.2) is 38.7 Å². The maximum Gasteiger partial charge on any atom is 0.328 e. The molecule has 1 unspecified atom stereocenters. The zero-order valence-electron chi connectivity index (χ0n) is 16.3. The Bertz CT molecular complexity index is 795. The van der Waals surface area contributed by atoms with Crippen LogP contribution >= 0.6 is 0 Å². The van der Waals surface area contributed by atoms with Crippen molar-refractivity contribution < 1.29 is 23.8 Å². The first-order valence-corrected chi connectivity index (χ1v) is 8.98. The lowest BCUT2D eigenvalue weighted by Crippen LogP contribution is -2.42. The molecule has 0 spiro atoms. The third-order valence-electron chi connectivity index (χ3n) is 3.97. The molecule has 0 saturated heterocycles. The Morgan fingerprint density at radius 3 is 2.25 bits per heavy atom. The van der Waals surface area contributed by atoms with Crippen molar-refractivity contribution in [1.29, 1.82) is 0 Å². The van der Waals surface area contributed by atoms with E-state index < -0.39 is 17.9 Å². The Morgan fingerprint density at radius 1 is 1.04 bits per heavy atom. The van der Waals surface area contributed by atoms with Crippen molar-refractivity contribution in [2.75, 3.05) is 20.8 Å². The minimum atomic E-state index is -0.764. The number of hydrogen-bond donors (Lipinski definition) is 1. The summed E-state index contributed by atoms with van der Waals surface area (Å²) in [5, 5.41) is 2.71. The maximum atomic E-state index is 12.4. The zero-order valence-corrected chi connectivity index (χ0v) is 16.3. The average molecular weight is 383 g/mol. The molecular formula is C22H25NO5. The number of benzene rings is 2. The first-order chi connectivity index (χ1) is 13.5. The Labute approximate surface area is 165 Å². The summed E-state index contributed by atoms with van der Waals surface area (Å²) >= 11 is 0. The molecule has 6 nitrogen and oxygen atoms in total. The molecule has 2 rings (SSSR count). The van der Waals surface area contributed by atoms with E-state index in [1.165, 1.54) is 6.08 Å². The van der Waals surface area contributed by atoms with Crippen LogP contribution in [0.1, 0.15) is 18.1 Å². The van der Waals surface area contributed by atoms with Crippen LogP contribution < -0.4 is 14.8 Å². The van der Waals surface area contributed by atoms with Gasteiger partial charge in [-0.1, -0.05) is 30.3 Å². The summed E-state index contributed by atoms with van der Waals surface area (Å²) in [6, 6.07) is 14.0. The van der Waals surface area contributed by atoms with Crippen molar-refractivity contribution in [2.45, 2.75) is 19.4 Å². The summed E-state index contributed by atoms with van der Waals surface area (Å²) < 4.78 is 15.5. The number of carbonyl (C=O) groups is 2. The van der Waals surface area contributed by atoms with Crippen molar-refractivity contribution in [3.05, 3.63) is 65.7 Å². The maximum absolute atomic E-state index is 12.4. The highest BCUT2D eigenvalue weighted by Crippen LogP contribution is 2.23. The van der Waals surface area contributed by atoms with Crippen LogP contribution in [0.15, 0.2) is 54.6 Å². The smallest absolute Gasteiger partial charge is 0.328 e. The van der Waals surface area contributed by atoms with Gasteiger partial charge in [0.05, 0.1) is 20.8 Å². The number of esters is 1. The monoisotopic (exact) mass is 383 g/mol. The summed E-state index contributed by atoms with van der Waals surface area (Å²) in [6.45, 7) is 1.98. The van der Waals surface area contributed by atoms with Crippen LogP contribution in [0.25, 0.3) is 6.08 Å². The predicted molar refractivity (Wildman–Crippen MR) is 107 cm³/mol. The summed E-state index contributed by atoms with van der Waals surface area (Å²) in [5.74, 6) is 0.382. The molecule has 148 valence electrons. The lowest BCUT2D eigenvalue weighted by molar-refractivity contribution is -0.146. The van der Waals surface area contributed by atoms with Gasteiger partial charge in [0.2, 0.25) is 5.91 Å². The first kappa shape index (κ1) is 21.0. The number of nitrogens with one attached hydrogen (secondary N) is 1. The van der Waals surface area contributed by atoms with Crippen molar-refractivity contribution in [2.24, 2.45) is 0 Å². The van der Waals surface area contributed by atoms with Crippen LogP contribution in [-0.2, 0) is 20.7 Å². The Balaban J connectivity index is 2.10. The van der Waals surface area contributed by atoms with E-state index in [9.17, 15) is 9.59 Å². The van der Waals surface area contributed by atoms with Gasteiger partial charge < -0.3 is 19.5 Å². The highest BCUT2D eigenvalue weighted by Gasteiger charge is 2.21. The predicted octanol–water partition coefficient (Wildman–Crippen LogP) is 3.01. The van der Waals surface area contributed by atoms with Gasteiger partial charge in [0.15, 0.2) is 0 Å². The van der Waals surface area contributed by atoms with Gasteiger partial charge in [-0.3, -0.25) is 4.79 Å². The van der Waals surface area contributed by atoms with Crippen molar-refractivity contribution in [3.63, 3.8) is 0 Å². The molecule has 2 aromatic rings. The number of ether oxygens (including phenoxy) is 3. The molecule has 0 aromatic heterocycles. The summed E-state index contributed by atoms with van der Waals surface area (Å²) in [7, 11) is 3.12. The van der Waals surface area contributed by atoms with Gasteiger partial charge in [-0.2, -0.15) is 0 Å². The van der Waals surface area contributed by atoms with Gasteiger partial charge in [0, 0.05) is 18.6 Å². The second-order valence-corrected chi connectivity index (χ2v) is 5.98. The van der Waals surface area contributed by atoms with Gasteiger partial charge in [-0.15, -0.1) is 0 Å². The Hall–Kier alpha value is -3.28. The molecule has 0 aliphatic carbocycles. The fourth-order valence-electron chi connectivity index (χ4n) is 2.60. The minimum Gasteiger partial charge on any atom is -0.497 e. The second-order valence-electron chi connectivity index (χ2n) is 5.98. The molecule has 2 aromatic carbocycles. The molecule has 0 radical (unpaired) electrons. The molecule has 0 fully saturated rings. The van der Waals surface area contributed by atoms with E-state index in [1.54, 1.807) is 45.4 Å². The molecule has 1 amide bonds. The van der Waals surface area contributed by atoms with Crippen LogP contribution in [0.4, 0.5) is 0 Å². The number of rotatable bonds is 9. The SMILES string of the molecule is CCOC(=O)C(Cc1ccccc1)NC(=O)C=Cc1cc(OC)cc(OC)c1. The van der Waals surface area contributed by atoms with Crippen molar-refractivity contribution in [1.82, 2.24) is 5.32 Å². The van der Waals surface area contributed by atoms with Crippen LogP contribution in [0, 0.1) is 0 Å². The second kappa shape index (κ2) is 10.8. The summed E-state index contributed by atoms with van der Waals surface area (Å²) in [5.41, 5.74) is 1.67. The standard InChI is InChI=1S/C22H25NO5/c1-4-28-22(25)20(14-16-8-6-5-7-9-16)23-21(24)11-10-17-12-18(26-2)15-19(13-17)27-3/h5-13,15,20H,4,14H2,1-3H3,(H,23,24). The fourth-order valence-corrected chi connectivity index (χ4v) is 2.60. The van der Waals surface area contributed by atoms with E-state index >= 15 is 0 Å². The lowest BCUT2D eigenvalue weighted by atomic mass is 10.1. The molecule has 6 heteroatoms. The van der Waals surface area contributed by atoms with E-state index in [0.29, 0.717) is 17.9 Å². The van der Waals surface area contributed by atoms with Crippen LogP contribution in [0.5, 0.6) is 11.5 Å². The molecule has 1 N–H and O–H groups in total. The quantitative estimate of drug-likeness (QED) is 0.532. The van der Waals surface area contributed by atoms with Crippen LogP contribution in [0.2, 0.25) is 0 Å². The van der Waals surface area contributed by atoms with E-state index in [0.717, 1.165) is 11.1 Å². The average Bonchev–Trinajstić information content (AvgIpc) is 2.72. The molecule has 0 aliphatic heterocycles. The van der Waals surface area contributed by atoms with E-state index in [4.69, 9.17) is 14.2 Å². The number of hydrogen-bond acceptors (Lipinski definition) is 5. The number of carbonyl (C=O) groups excluding carboxylic acids is 2. The topological polar surface area (TPSA) is 73.9 Å². The van der Waals surface area contributed by atoms with E-state index in [2.05, 4.69) is 5.32 Å². The van der Waals surface area contributed by atoms with Gasteiger partial charge >= 0.3 is 5.97 Å². The zero-order chi connectivity index (χ0) is 20.4. The van der Waals surface area contributed by atoms with Gasteiger partial charge in [-0.25, -0.2) is 4.79 Å². The van der Waals surface area contributed by atoms with Gasteiger partial charge in [0.1, 0.15) is 17.5 Å². The first-order valence-electron chi connectivity index (χ1n) is 8.98. The summed E-state index contributed by atoms with van der Waals surface area (Å²) in [6.07, 6.45) is 3.35. The normalized spacial score (nSPS) is 11.7. The number of methoxy groups -OCH3 is 2. The minimum absolute atomic E-state index is 0.249. The molecule has 0 saturated carbocycles. The molecule has 28 heavy (non-hydrogen) atoms. The highest BCUT2D eigenvalue weighted by molar-refractivity contribution is 5.94. The Morgan fingerprint density at radius 2 is 1.68 bits per heavy atom. The lowest BCUT2D eigenvalue weighted by Gasteiger charge is -2.16. The van der Waals surface area contributed by atoms with Crippen LogP contribution in [0.3, 0.4) is 0 Å². The molecule has 1 atom stereocenters. The molecular weight excluding hydrogens is 358 g/mol. The van der Waals surface area contributed by atoms with Crippen molar-refractivity contribution >= 4 is 18.0 Å². The number of amides is 1. The van der Waals surface area contributed by atoms with Crippen molar-refractivity contribution in [3.8, 4) is 11.5 Å². The molecule has 0 bridgehead atoms. The van der Waals surface area contributed by atoms with Gasteiger partial charge in [0.25, 0.3) is 0 Å². The third-order valence-corrected chi connectivity index (χ3v) is 3.97. The van der Waals surface area contributed by atoms with E-state index in [-0.39, 0.29) is 6.61 Å². The fraction of sp³-hybridized carbons (Fsp3) is 0.273. The Kier molecular flexibility index (Phi) is 8.09. The molecule has 0 heterocycles. The van der Waals surface area contributed by atoms with Gasteiger partial charge in [-0.05, 0) is 36.3 Å². The molecule has 0 aliphatic rings. The largest absolute Gasteiger partial charge is 0.497 e. The summed E-state index contributed by atoms with van der Waals surface area (Å²) in [4.78, 5) is 24.6.